The zero-order valence-corrected chi connectivity index (χ0v) is 13.3. The minimum Gasteiger partial charge on any atom is -0.241 e. The van der Waals surface area contributed by atoms with Gasteiger partial charge >= 0.3 is 0 Å². The van der Waals surface area contributed by atoms with Gasteiger partial charge in [-0.25, -0.2) is 9.97 Å². The largest absolute Gasteiger partial charge is 0.241 e. The van der Waals surface area contributed by atoms with E-state index in [2.05, 4.69) is 65.4 Å². The van der Waals surface area contributed by atoms with Crippen molar-refractivity contribution in [1.82, 2.24) is 9.97 Å². The van der Waals surface area contributed by atoms with E-state index in [4.69, 9.17) is 0 Å². The predicted octanol–water partition coefficient (Wildman–Crippen LogP) is 4.39. The molecule has 0 saturated heterocycles. The third-order valence-electron chi connectivity index (χ3n) is 3.99. The molecule has 1 rings (SSSR count). The summed E-state index contributed by atoms with van der Waals surface area (Å²) in [6.07, 6.45) is 4.92. The maximum Gasteiger partial charge on any atom is 0.128 e. The van der Waals surface area contributed by atoms with Crippen LogP contribution in [0.2, 0.25) is 0 Å². The van der Waals surface area contributed by atoms with Gasteiger partial charge in [0.25, 0.3) is 0 Å². The van der Waals surface area contributed by atoms with Gasteiger partial charge in [0.2, 0.25) is 0 Å². The molecule has 0 saturated carbocycles. The van der Waals surface area contributed by atoms with Crippen LogP contribution in [0.25, 0.3) is 0 Å². The van der Waals surface area contributed by atoms with Crippen molar-refractivity contribution < 1.29 is 0 Å². The molecule has 1 aromatic heterocycles. The van der Waals surface area contributed by atoms with Gasteiger partial charge in [0.1, 0.15) is 5.82 Å². The summed E-state index contributed by atoms with van der Waals surface area (Å²) in [5.74, 6) is 0.941. The number of nitrogens with zero attached hydrogens (tertiary/aromatic N) is 2. The first-order chi connectivity index (χ1) is 7.93. The smallest absolute Gasteiger partial charge is 0.128 e. The maximum atomic E-state index is 4.53. The van der Waals surface area contributed by atoms with Crippen LogP contribution in [-0.2, 0) is 11.8 Å². The molecule has 1 heterocycles. The first-order valence-electron chi connectivity index (χ1n) is 6.75. The predicted molar refractivity (Wildman–Crippen MR) is 77.7 cm³/mol. The zero-order chi connectivity index (χ0) is 14.2. The lowest BCUT2D eigenvalue weighted by Crippen LogP contribution is -2.34. The van der Waals surface area contributed by atoms with E-state index in [1.165, 1.54) is 5.56 Å². The van der Waals surface area contributed by atoms with Crippen molar-refractivity contribution in [1.29, 1.82) is 0 Å². The quantitative estimate of drug-likeness (QED) is 0.775. The van der Waals surface area contributed by atoms with Crippen molar-refractivity contribution in [3.05, 3.63) is 23.8 Å². The van der Waals surface area contributed by atoms with Crippen molar-refractivity contribution in [2.24, 2.45) is 10.8 Å². The van der Waals surface area contributed by atoms with Crippen LogP contribution in [0.4, 0.5) is 0 Å². The minimum atomic E-state index is 0.0766. The molecule has 0 radical (unpaired) electrons. The van der Waals surface area contributed by atoms with E-state index in [9.17, 15) is 0 Å². The zero-order valence-electron chi connectivity index (χ0n) is 13.3. The molecule has 0 amide bonds. The molecule has 0 aliphatic rings. The average molecular weight is 248 g/mol. The summed E-state index contributed by atoms with van der Waals surface area (Å²) in [6, 6.07) is 0. The van der Waals surface area contributed by atoms with E-state index in [1.54, 1.807) is 0 Å². The number of aromatic nitrogens is 2. The lowest BCUT2D eigenvalue weighted by Gasteiger charge is -2.38. The SMILES string of the molecule is CC(C)(C)Cc1ncc(C(C)(C)C(C)(C)C)cn1. The van der Waals surface area contributed by atoms with Crippen molar-refractivity contribution >= 4 is 0 Å². The monoisotopic (exact) mass is 248 g/mol. The highest BCUT2D eigenvalue weighted by molar-refractivity contribution is 5.20. The van der Waals surface area contributed by atoms with E-state index < -0.39 is 0 Å². The summed E-state index contributed by atoms with van der Waals surface area (Å²) in [6.45, 7) is 17.9. The molecule has 0 aliphatic heterocycles. The van der Waals surface area contributed by atoms with Crippen LogP contribution >= 0.6 is 0 Å². The van der Waals surface area contributed by atoms with Crippen molar-refractivity contribution in [2.75, 3.05) is 0 Å². The van der Waals surface area contributed by atoms with Crippen molar-refractivity contribution in [3.63, 3.8) is 0 Å². The first kappa shape index (κ1) is 15.1. The normalized spacial score (nSPS) is 13.8. The highest BCUT2D eigenvalue weighted by Crippen LogP contribution is 2.40. The van der Waals surface area contributed by atoms with Gasteiger partial charge in [-0.05, 0) is 21.8 Å². The third-order valence-corrected chi connectivity index (χ3v) is 3.99. The Morgan fingerprint density at radius 1 is 0.833 bits per heavy atom. The Morgan fingerprint density at radius 3 is 1.61 bits per heavy atom. The van der Waals surface area contributed by atoms with Crippen molar-refractivity contribution in [2.45, 2.75) is 67.2 Å². The molecular weight excluding hydrogens is 220 g/mol. The lowest BCUT2D eigenvalue weighted by atomic mass is 9.66. The molecule has 2 heteroatoms. The Bertz CT molecular complexity index is 389. The Labute approximate surface area is 112 Å². The number of hydrogen-bond acceptors (Lipinski definition) is 2. The van der Waals surface area contributed by atoms with Crippen LogP contribution in [0, 0.1) is 10.8 Å². The summed E-state index contributed by atoms with van der Waals surface area (Å²) in [4.78, 5) is 9.07. The minimum absolute atomic E-state index is 0.0766. The summed E-state index contributed by atoms with van der Waals surface area (Å²) in [5.41, 5.74) is 1.73. The fourth-order valence-corrected chi connectivity index (χ4v) is 1.68. The third kappa shape index (κ3) is 3.54. The molecular formula is C16H28N2. The molecule has 0 N–H and O–H groups in total. The summed E-state index contributed by atoms with van der Waals surface area (Å²) >= 11 is 0. The molecule has 0 fully saturated rings. The van der Waals surface area contributed by atoms with Crippen LogP contribution < -0.4 is 0 Å². The van der Waals surface area contributed by atoms with E-state index in [0.717, 1.165) is 12.2 Å². The maximum absolute atomic E-state index is 4.53. The van der Waals surface area contributed by atoms with Crippen molar-refractivity contribution in [3.8, 4) is 0 Å². The molecule has 0 spiro atoms. The second-order valence-corrected chi connectivity index (χ2v) is 8.00. The van der Waals surface area contributed by atoms with Gasteiger partial charge in [-0.1, -0.05) is 55.4 Å². The first-order valence-corrected chi connectivity index (χ1v) is 6.75. The molecule has 0 bridgehead atoms. The molecule has 0 aliphatic carbocycles. The second-order valence-electron chi connectivity index (χ2n) is 8.00. The van der Waals surface area contributed by atoms with Crippen LogP contribution in [0.5, 0.6) is 0 Å². The van der Waals surface area contributed by atoms with Gasteiger partial charge in [-0.15, -0.1) is 0 Å². The van der Waals surface area contributed by atoms with Gasteiger partial charge < -0.3 is 0 Å². The molecule has 1 aromatic rings. The van der Waals surface area contributed by atoms with Crippen LogP contribution in [0.3, 0.4) is 0 Å². The summed E-state index contributed by atoms with van der Waals surface area (Å²) in [5, 5.41) is 0. The van der Waals surface area contributed by atoms with Crippen LogP contribution in [0.15, 0.2) is 12.4 Å². The number of rotatable bonds is 2. The average Bonchev–Trinajstić information content (AvgIpc) is 2.14. The van der Waals surface area contributed by atoms with Gasteiger partial charge in [0.05, 0.1) is 0 Å². The topological polar surface area (TPSA) is 25.8 Å². The molecule has 102 valence electrons. The van der Waals surface area contributed by atoms with E-state index in [0.29, 0.717) is 0 Å². The molecule has 0 unspecified atom stereocenters. The fraction of sp³-hybridized carbons (Fsp3) is 0.750. The second kappa shape index (κ2) is 4.64. The van der Waals surface area contributed by atoms with E-state index >= 15 is 0 Å². The molecule has 2 nitrogen and oxygen atoms in total. The van der Waals surface area contributed by atoms with Gasteiger partial charge in [0, 0.05) is 18.8 Å². The van der Waals surface area contributed by atoms with E-state index in [-0.39, 0.29) is 16.2 Å². The lowest BCUT2D eigenvalue weighted by molar-refractivity contribution is 0.224. The van der Waals surface area contributed by atoms with E-state index in [1.807, 2.05) is 12.4 Å². The molecule has 0 aromatic carbocycles. The fourth-order valence-electron chi connectivity index (χ4n) is 1.68. The Balaban J connectivity index is 2.97. The molecule has 18 heavy (non-hydrogen) atoms. The Hall–Kier alpha value is -0.920. The Kier molecular flexibility index (Phi) is 3.90. The summed E-state index contributed by atoms with van der Waals surface area (Å²) in [7, 11) is 0. The number of hydrogen-bond donors (Lipinski definition) is 0. The highest BCUT2D eigenvalue weighted by Gasteiger charge is 2.34. The van der Waals surface area contributed by atoms with Crippen LogP contribution in [0.1, 0.15) is 66.8 Å². The molecule has 0 atom stereocenters. The van der Waals surface area contributed by atoms with Gasteiger partial charge in [0.15, 0.2) is 0 Å². The summed E-state index contributed by atoms with van der Waals surface area (Å²) < 4.78 is 0. The Morgan fingerprint density at radius 2 is 1.28 bits per heavy atom. The van der Waals surface area contributed by atoms with Gasteiger partial charge in [-0.3, -0.25) is 0 Å². The highest BCUT2D eigenvalue weighted by atomic mass is 14.9. The van der Waals surface area contributed by atoms with Gasteiger partial charge in [-0.2, -0.15) is 0 Å². The van der Waals surface area contributed by atoms with Crippen LogP contribution in [-0.4, -0.2) is 9.97 Å². The standard InChI is InChI=1S/C16H28N2/c1-14(2,3)9-13-17-10-12(11-18-13)16(7,8)15(4,5)6/h10-11H,9H2,1-8H3.